The SMILES string of the molecule is COc1cc(C)c(S(=O)(=O)N2CCC(=O)c3cc(Cl)ccc32)c(C)c1. The Kier molecular flexibility index (Phi) is 4.51. The van der Waals surface area contributed by atoms with Gasteiger partial charge in [-0.2, -0.15) is 0 Å². The van der Waals surface area contributed by atoms with Crippen LogP contribution < -0.4 is 9.04 Å². The van der Waals surface area contributed by atoms with E-state index in [2.05, 4.69) is 0 Å². The molecule has 0 bridgehead atoms. The number of halogens is 1. The standard InChI is InChI=1S/C18H18ClNO4S/c1-11-8-14(24-3)9-12(2)18(11)25(22,23)20-7-6-17(21)15-10-13(19)4-5-16(15)20/h4-5,8-10H,6-7H2,1-3H3. The maximum atomic E-state index is 13.3. The zero-order chi connectivity index (χ0) is 18.4. The molecule has 0 fully saturated rings. The Hall–Kier alpha value is -2.05. The van der Waals surface area contributed by atoms with Gasteiger partial charge in [-0.15, -0.1) is 0 Å². The molecule has 2 aromatic carbocycles. The Morgan fingerprint density at radius 3 is 2.36 bits per heavy atom. The van der Waals surface area contributed by atoms with Crippen LogP contribution in [0.4, 0.5) is 5.69 Å². The van der Waals surface area contributed by atoms with Gasteiger partial charge in [-0.25, -0.2) is 8.42 Å². The van der Waals surface area contributed by atoms with Crippen molar-refractivity contribution in [2.24, 2.45) is 0 Å². The molecule has 0 saturated carbocycles. The van der Waals surface area contributed by atoms with Crippen LogP contribution in [0, 0.1) is 13.8 Å². The molecule has 1 heterocycles. The van der Waals surface area contributed by atoms with Crippen LogP contribution in [0.25, 0.3) is 0 Å². The van der Waals surface area contributed by atoms with Gasteiger partial charge in [-0.05, 0) is 55.3 Å². The monoisotopic (exact) mass is 379 g/mol. The predicted octanol–water partition coefficient (Wildman–Crippen LogP) is 3.75. The van der Waals surface area contributed by atoms with Gasteiger partial charge in [0, 0.05) is 23.6 Å². The normalized spacial score (nSPS) is 14.4. The van der Waals surface area contributed by atoms with Gasteiger partial charge in [0.25, 0.3) is 10.0 Å². The minimum absolute atomic E-state index is 0.105. The molecule has 0 aromatic heterocycles. The summed E-state index contributed by atoms with van der Waals surface area (Å²) in [6.45, 7) is 3.58. The molecule has 5 nitrogen and oxygen atoms in total. The summed E-state index contributed by atoms with van der Waals surface area (Å²) in [5.41, 5.74) is 1.91. The topological polar surface area (TPSA) is 63.7 Å². The van der Waals surface area contributed by atoms with Gasteiger partial charge < -0.3 is 4.74 Å². The Bertz CT molecular complexity index is 946. The molecule has 1 aliphatic heterocycles. The molecule has 25 heavy (non-hydrogen) atoms. The van der Waals surface area contributed by atoms with Crippen LogP contribution >= 0.6 is 11.6 Å². The van der Waals surface area contributed by atoms with Crippen molar-refractivity contribution in [3.8, 4) is 5.75 Å². The summed E-state index contributed by atoms with van der Waals surface area (Å²) >= 11 is 5.97. The van der Waals surface area contributed by atoms with E-state index in [0.29, 0.717) is 33.1 Å². The van der Waals surface area contributed by atoms with Gasteiger partial charge in [-0.1, -0.05) is 11.6 Å². The summed E-state index contributed by atoms with van der Waals surface area (Å²) in [5.74, 6) is 0.502. The van der Waals surface area contributed by atoms with Crippen molar-refractivity contribution >= 4 is 33.1 Å². The van der Waals surface area contributed by atoms with E-state index in [4.69, 9.17) is 16.3 Å². The number of ether oxygens (including phenoxy) is 1. The van der Waals surface area contributed by atoms with Crippen molar-refractivity contribution < 1.29 is 17.9 Å². The molecule has 3 rings (SSSR count). The quantitative estimate of drug-likeness (QED) is 0.814. The number of fused-ring (bicyclic) bond motifs is 1. The molecule has 0 radical (unpaired) electrons. The highest BCUT2D eigenvalue weighted by Crippen LogP contribution is 2.36. The molecule has 0 unspecified atom stereocenters. The van der Waals surface area contributed by atoms with Crippen LogP contribution in [-0.2, 0) is 10.0 Å². The van der Waals surface area contributed by atoms with Crippen LogP contribution in [0.3, 0.4) is 0 Å². The molecular weight excluding hydrogens is 362 g/mol. The maximum Gasteiger partial charge on any atom is 0.264 e. The van der Waals surface area contributed by atoms with Crippen LogP contribution in [0.1, 0.15) is 27.9 Å². The van der Waals surface area contributed by atoms with Gasteiger partial charge in [0.1, 0.15) is 5.75 Å². The molecular formula is C18H18ClNO4S. The molecule has 132 valence electrons. The van der Waals surface area contributed by atoms with E-state index in [1.165, 1.54) is 10.4 Å². The number of methoxy groups -OCH3 is 1. The molecule has 0 amide bonds. The van der Waals surface area contributed by atoms with Crippen LogP contribution in [-0.4, -0.2) is 27.9 Å². The first kappa shape index (κ1) is 17.8. The number of anilines is 1. The largest absolute Gasteiger partial charge is 0.497 e. The lowest BCUT2D eigenvalue weighted by molar-refractivity contribution is 0.0982. The lowest BCUT2D eigenvalue weighted by atomic mass is 10.0. The molecule has 0 spiro atoms. The van der Waals surface area contributed by atoms with E-state index < -0.39 is 10.0 Å². The number of carbonyl (C=O) groups excluding carboxylic acids is 1. The predicted molar refractivity (Wildman–Crippen MR) is 97.4 cm³/mol. The van der Waals surface area contributed by atoms with Gasteiger partial charge >= 0.3 is 0 Å². The molecule has 7 heteroatoms. The number of nitrogens with zero attached hydrogens (tertiary/aromatic N) is 1. The summed E-state index contributed by atoms with van der Waals surface area (Å²) in [4.78, 5) is 12.4. The van der Waals surface area contributed by atoms with Gasteiger partial charge in [0.15, 0.2) is 5.78 Å². The Balaban J connectivity index is 2.17. The fourth-order valence-electron chi connectivity index (χ4n) is 3.20. The molecule has 2 aromatic rings. The fraction of sp³-hybridized carbons (Fsp3) is 0.278. The molecule has 0 aliphatic carbocycles. The first-order chi connectivity index (χ1) is 11.8. The zero-order valence-corrected chi connectivity index (χ0v) is 15.7. The number of Topliss-reactive ketones (excluding diaryl/α,β-unsaturated/α-hetero) is 1. The van der Waals surface area contributed by atoms with Crippen molar-refractivity contribution in [3.05, 3.63) is 52.0 Å². The second-order valence-corrected chi connectivity index (χ2v) is 8.24. The summed E-state index contributed by atoms with van der Waals surface area (Å²) in [5, 5.41) is 0.406. The Morgan fingerprint density at radius 1 is 1.12 bits per heavy atom. The van der Waals surface area contributed by atoms with Gasteiger partial charge in [0.2, 0.25) is 0 Å². The van der Waals surface area contributed by atoms with Crippen molar-refractivity contribution in [1.82, 2.24) is 0 Å². The van der Waals surface area contributed by atoms with E-state index in [9.17, 15) is 13.2 Å². The number of hydrogen-bond acceptors (Lipinski definition) is 4. The zero-order valence-electron chi connectivity index (χ0n) is 14.2. The van der Waals surface area contributed by atoms with Gasteiger partial charge in [-0.3, -0.25) is 9.10 Å². The molecule has 1 aliphatic rings. The summed E-state index contributed by atoms with van der Waals surface area (Å²) in [6.07, 6.45) is 0.126. The van der Waals surface area contributed by atoms with E-state index in [0.717, 1.165) is 0 Å². The second-order valence-electron chi connectivity index (χ2n) is 6.00. The van der Waals surface area contributed by atoms with E-state index in [1.807, 2.05) is 0 Å². The molecule has 0 atom stereocenters. The number of aryl methyl sites for hydroxylation is 2. The number of benzene rings is 2. The summed E-state index contributed by atoms with van der Waals surface area (Å²) in [6, 6.07) is 8.08. The Labute approximate surface area is 152 Å². The number of hydrogen-bond donors (Lipinski definition) is 0. The number of ketones is 1. The second kappa shape index (κ2) is 6.35. The highest BCUT2D eigenvalue weighted by atomic mass is 35.5. The van der Waals surface area contributed by atoms with Crippen molar-refractivity contribution in [3.63, 3.8) is 0 Å². The molecule has 0 saturated heterocycles. The van der Waals surface area contributed by atoms with Crippen molar-refractivity contribution in [2.75, 3.05) is 18.0 Å². The smallest absolute Gasteiger partial charge is 0.264 e. The lowest BCUT2D eigenvalue weighted by Gasteiger charge is -2.31. The number of sulfonamides is 1. The van der Waals surface area contributed by atoms with Crippen molar-refractivity contribution in [2.45, 2.75) is 25.2 Å². The average Bonchev–Trinajstić information content (AvgIpc) is 2.54. The van der Waals surface area contributed by atoms with Crippen LogP contribution in [0.15, 0.2) is 35.2 Å². The third kappa shape index (κ3) is 3.00. The first-order valence-electron chi connectivity index (χ1n) is 7.76. The number of rotatable bonds is 3. The maximum absolute atomic E-state index is 13.3. The fourth-order valence-corrected chi connectivity index (χ4v) is 5.28. The average molecular weight is 380 g/mol. The Morgan fingerprint density at radius 2 is 1.76 bits per heavy atom. The highest BCUT2D eigenvalue weighted by molar-refractivity contribution is 7.93. The summed E-state index contributed by atoms with van der Waals surface area (Å²) < 4.78 is 33.1. The third-order valence-electron chi connectivity index (χ3n) is 4.29. The lowest BCUT2D eigenvalue weighted by Crippen LogP contribution is -2.38. The number of carbonyl (C=O) groups is 1. The minimum atomic E-state index is -3.82. The first-order valence-corrected chi connectivity index (χ1v) is 9.58. The van der Waals surface area contributed by atoms with E-state index >= 15 is 0 Å². The van der Waals surface area contributed by atoms with Crippen molar-refractivity contribution in [1.29, 1.82) is 0 Å². The van der Waals surface area contributed by atoms with E-state index in [1.54, 1.807) is 45.2 Å². The summed E-state index contributed by atoms with van der Waals surface area (Å²) in [7, 11) is -2.28. The highest BCUT2D eigenvalue weighted by Gasteiger charge is 2.34. The minimum Gasteiger partial charge on any atom is -0.497 e. The van der Waals surface area contributed by atoms with E-state index in [-0.39, 0.29) is 23.6 Å². The van der Waals surface area contributed by atoms with Crippen LogP contribution in [0.2, 0.25) is 5.02 Å². The van der Waals surface area contributed by atoms with Gasteiger partial charge in [0.05, 0.1) is 17.7 Å². The molecule has 0 N–H and O–H groups in total. The third-order valence-corrected chi connectivity index (χ3v) is 6.64. The van der Waals surface area contributed by atoms with Crippen LogP contribution in [0.5, 0.6) is 5.75 Å².